The highest BCUT2D eigenvalue weighted by atomic mass is 32.1. The third-order valence-electron chi connectivity index (χ3n) is 8.06. The maximum absolute atomic E-state index is 2.39. The van der Waals surface area contributed by atoms with Gasteiger partial charge >= 0.3 is 0 Å². The molecule has 1 aromatic heterocycles. The maximum Gasteiger partial charge on any atom is 0.0540 e. The van der Waals surface area contributed by atoms with E-state index in [1.807, 2.05) is 11.3 Å². The molecule has 0 saturated heterocycles. The number of benzene rings is 7. The van der Waals surface area contributed by atoms with Crippen LogP contribution in [0.3, 0.4) is 0 Å². The number of rotatable bonds is 5. The fourth-order valence-electron chi connectivity index (χ4n) is 6.13. The molecule has 2 heteroatoms. The summed E-state index contributed by atoms with van der Waals surface area (Å²) < 4.78 is 2.67. The maximum atomic E-state index is 2.39. The number of thiophene rings is 1. The smallest absolute Gasteiger partial charge is 0.0540 e. The predicted octanol–water partition coefficient (Wildman–Crippen LogP) is 12.0. The topological polar surface area (TPSA) is 3.24 Å². The molecule has 0 N–H and O–H groups in total. The first kappa shape index (κ1) is 24.6. The summed E-state index contributed by atoms with van der Waals surface area (Å²) in [5.74, 6) is 0. The Balaban J connectivity index is 1.35. The molecule has 0 aliphatic heterocycles. The Morgan fingerprint density at radius 1 is 0.381 bits per heavy atom. The van der Waals surface area contributed by atoms with Gasteiger partial charge in [-0.2, -0.15) is 0 Å². The first-order valence-corrected chi connectivity index (χ1v) is 15.1. The van der Waals surface area contributed by atoms with E-state index in [-0.39, 0.29) is 0 Å². The van der Waals surface area contributed by atoms with E-state index in [0.717, 1.165) is 17.1 Å². The Morgan fingerprint density at radius 2 is 1.00 bits per heavy atom. The number of hydrogen-bond donors (Lipinski definition) is 0. The van der Waals surface area contributed by atoms with Crippen LogP contribution in [0.15, 0.2) is 164 Å². The van der Waals surface area contributed by atoms with Crippen molar-refractivity contribution in [3.63, 3.8) is 0 Å². The van der Waals surface area contributed by atoms with Crippen molar-refractivity contribution in [2.45, 2.75) is 0 Å². The van der Waals surface area contributed by atoms with Crippen LogP contribution >= 0.6 is 11.3 Å². The Labute approximate surface area is 249 Å². The average Bonchev–Trinajstić information content (AvgIpc) is 3.45. The third-order valence-corrected chi connectivity index (χ3v) is 9.28. The van der Waals surface area contributed by atoms with Crippen molar-refractivity contribution in [2.24, 2.45) is 0 Å². The molecule has 198 valence electrons. The molecular formula is C40H27NS. The SMILES string of the molecule is c1ccc(-c2cccc(N(c3ccccc3)c3ccc(-c4cccc5c4sc4ccccc45)c4ccccc34)c2)cc1. The van der Waals surface area contributed by atoms with E-state index >= 15 is 0 Å². The van der Waals surface area contributed by atoms with Crippen LogP contribution in [0.2, 0.25) is 0 Å². The summed E-state index contributed by atoms with van der Waals surface area (Å²) in [7, 11) is 0. The molecule has 0 aliphatic carbocycles. The Kier molecular flexibility index (Phi) is 6.05. The molecule has 7 aromatic carbocycles. The van der Waals surface area contributed by atoms with Crippen LogP contribution < -0.4 is 4.90 Å². The van der Waals surface area contributed by atoms with Crippen LogP contribution in [0.1, 0.15) is 0 Å². The Hall–Kier alpha value is -5.18. The van der Waals surface area contributed by atoms with Crippen LogP contribution in [0.25, 0.3) is 53.2 Å². The molecule has 8 aromatic rings. The zero-order chi connectivity index (χ0) is 27.9. The molecule has 0 unspecified atom stereocenters. The van der Waals surface area contributed by atoms with Gasteiger partial charge in [0.15, 0.2) is 0 Å². The van der Waals surface area contributed by atoms with Crippen molar-refractivity contribution in [3.8, 4) is 22.3 Å². The number of anilines is 3. The summed E-state index contributed by atoms with van der Waals surface area (Å²) in [6, 6.07) is 59.0. The van der Waals surface area contributed by atoms with Crippen molar-refractivity contribution >= 4 is 59.3 Å². The van der Waals surface area contributed by atoms with Crippen LogP contribution in [0, 0.1) is 0 Å². The molecular weight excluding hydrogens is 527 g/mol. The van der Waals surface area contributed by atoms with Crippen LogP contribution in [-0.4, -0.2) is 0 Å². The molecule has 0 radical (unpaired) electrons. The van der Waals surface area contributed by atoms with E-state index in [4.69, 9.17) is 0 Å². The quantitative estimate of drug-likeness (QED) is 0.205. The van der Waals surface area contributed by atoms with Gasteiger partial charge in [-0.05, 0) is 58.5 Å². The lowest BCUT2D eigenvalue weighted by atomic mass is 9.95. The van der Waals surface area contributed by atoms with Crippen LogP contribution in [-0.2, 0) is 0 Å². The highest BCUT2D eigenvalue weighted by Crippen LogP contribution is 2.45. The molecule has 1 heterocycles. The molecule has 0 fully saturated rings. The monoisotopic (exact) mass is 553 g/mol. The van der Waals surface area contributed by atoms with E-state index in [1.54, 1.807) is 0 Å². The van der Waals surface area contributed by atoms with Gasteiger partial charge in [-0.25, -0.2) is 0 Å². The summed E-state index contributed by atoms with van der Waals surface area (Å²) in [4.78, 5) is 2.39. The van der Waals surface area contributed by atoms with E-state index in [1.165, 1.54) is 53.2 Å². The van der Waals surface area contributed by atoms with Gasteiger partial charge in [0.1, 0.15) is 0 Å². The van der Waals surface area contributed by atoms with Gasteiger partial charge in [0.2, 0.25) is 0 Å². The van der Waals surface area contributed by atoms with Crippen molar-refractivity contribution in [2.75, 3.05) is 4.90 Å². The second-order valence-corrected chi connectivity index (χ2v) is 11.6. The van der Waals surface area contributed by atoms with Crippen LogP contribution in [0.5, 0.6) is 0 Å². The molecule has 0 aliphatic rings. The molecule has 1 nitrogen and oxygen atoms in total. The van der Waals surface area contributed by atoms with Gasteiger partial charge in [0, 0.05) is 42.5 Å². The molecule has 0 saturated carbocycles. The van der Waals surface area contributed by atoms with Gasteiger partial charge < -0.3 is 4.90 Å². The largest absolute Gasteiger partial charge is 0.310 e. The van der Waals surface area contributed by atoms with Gasteiger partial charge in [-0.3, -0.25) is 0 Å². The van der Waals surface area contributed by atoms with E-state index in [9.17, 15) is 0 Å². The zero-order valence-corrected chi connectivity index (χ0v) is 23.8. The summed E-state index contributed by atoms with van der Waals surface area (Å²) in [6.45, 7) is 0. The summed E-state index contributed by atoms with van der Waals surface area (Å²) in [5, 5.41) is 5.13. The first-order valence-electron chi connectivity index (χ1n) is 14.3. The summed E-state index contributed by atoms with van der Waals surface area (Å²) in [6.07, 6.45) is 0. The number of hydrogen-bond acceptors (Lipinski definition) is 2. The van der Waals surface area contributed by atoms with Crippen LogP contribution in [0.4, 0.5) is 17.1 Å². The third kappa shape index (κ3) is 4.16. The first-order chi connectivity index (χ1) is 20.8. The molecule has 0 bridgehead atoms. The number of nitrogens with zero attached hydrogens (tertiary/aromatic N) is 1. The fraction of sp³-hybridized carbons (Fsp3) is 0. The second kappa shape index (κ2) is 10.3. The second-order valence-electron chi connectivity index (χ2n) is 10.5. The molecule has 0 spiro atoms. The van der Waals surface area contributed by atoms with Gasteiger partial charge in [-0.15, -0.1) is 11.3 Å². The van der Waals surface area contributed by atoms with E-state index in [2.05, 4.69) is 169 Å². The minimum absolute atomic E-state index is 1.13. The fourth-order valence-corrected chi connectivity index (χ4v) is 7.36. The highest BCUT2D eigenvalue weighted by Gasteiger charge is 2.19. The summed E-state index contributed by atoms with van der Waals surface area (Å²) in [5.41, 5.74) is 8.38. The lowest BCUT2D eigenvalue weighted by Crippen LogP contribution is -2.10. The van der Waals surface area contributed by atoms with Gasteiger partial charge in [0.25, 0.3) is 0 Å². The molecule has 0 atom stereocenters. The van der Waals surface area contributed by atoms with E-state index in [0.29, 0.717) is 0 Å². The number of fused-ring (bicyclic) bond motifs is 4. The number of para-hydroxylation sites is 1. The molecule has 42 heavy (non-hydrogen) atoms. The van der Waals surface area contributed by atoms with Crippen molar-refractivity contribution in [3.05, 3.63) is 164 Å². The lowest BCUT2D eigenvalue weighted by Gasteiger charge is -2.28. The molecule has 8 rings (SSSR count). The average molecular weight is 554 g/mol. The minimum atomic E-state index is 1.13. The predicted molar refractivity (Wildman–Crippen MR) is 182 cm³/mol. The highest BCUT2D eigenvalue weighted by molar-refractivity contribution is 7.26. The van der Waals surface area contributed by atoms with Gasteiger partial charge in [-0.1, -0.05) is 127 Å². The van der Waals surface area contributed by atoms with Gasteiger partial charge in [0.05, 0.1) is 5.69 Å². The summed E-state index contributed by atoms with van der Waals surface area (Å²) >= 11 is 1.89. The minimum Gasteiger partial charge on any atom is -0.310 e. The molecule has 0 amide bonds. The van der Waals surface area contributed by atoms with E-state index < -0.39 is 0 Å². The van der Waals surface area contributed by atoms with Crippen molar-refractivity contribution < 1.29 is 0 Å². The lowest BCUT2D eigenvalue weighted by molar-refractivity contribution is 1.30. The van der Waals surface area contributed by atoms with Crippen molar-refractivity contribution in [1.82, 2.24) is 0 Å². The standard InChI is InChI=1S/C40H27NS/c1-3-13-28(14-4-1)29-15-11-18-31(27-29)41(30-16-5-2-6-17-30)38-26-25-33(32-19-7-8-20-34(32)38)36-22-12-23-37-35-21-9-10-24-39(35)42-40(36)37/h1-27H. The zero-order valence-electron chi connectivity index (χ0n) is 22.9. The normalized spacial score (nSPS) is 11.3. The van der Waals surface area contributed by atoms with Crippen molar-refractivity contribution in [1.29, 1.82) is 0 Å². The Morgan fingerprint density at radius 3 is 1.83 bits per heavy atom. The Bertz CT molecular complexity index is 2200.